The van der Waals surface area contributed by atoms with E-state index in [0.717, 1.165) is 6.42 Å². The molecule has 0 saturated heterocycles. The van der Waals surface area contributed by atoms with Gasteiger partial charge < -0.3 is 20.5 Å². The molecule has 0 radical (unpaired) electrons. The Morgan fingerprint density at radius 2 is 1.89 bits per heavy atom. The van der Waals surface area contributed by atoms with Gasteiger partial charge in [0.25, 0.3) is 0 Å². The van der Waals surface area contributed by atoms with E-state index in [9.17, 15) is 5.11 Å². The number of hydrogen-bond donors (Lipinski definition) is 3. The lowest BCUT2D eigenvalue weighted by molar-refractivity contribution is 0.248. The highest BCUT2D eigenvalue weighted by Gasteiger charge is 2.15. The molecular formula is C12H23N5O2. The zero-order valence-corrected chi connectivity index (χ0v) is 12.0. The van der Waals surface area contributed by atoms with Gasteiger partial charge in [-0.25, -0.2) is 0 Å². The maximum Gasteiger partial charge on any atom is 0.323 e. The van der Waals surface area contributed by atoms with Crippen molar-refractivity contribution in [1.29, 1.82) is 0 Å². The van der Waals surface area contributed by atoms with Gasteiger partial charge in [0, 0.05) is 7.05 Å². The molecule has 1 aromatic heterocycles. The van der Waals surface area contributed by atoms with Gasteiger partial charge in [-0.1, -0.05) is 20.8 Å². The van der Waals surface area contributed by atoms with Gasteiger partial charge in [-0.05, 0) is 12.3 Å². The summed E-state index contributed by atoms with van der Waals surface area (Å²) < 4.78 is 5.41. The first-order valence-electron chi connectivity index (χ1n) is 6.54. The molecule has 19 heavy (non-hydrogen) atoms. The molecule has 1 aromatic rings. The Balaban J connectivity index is 2.86. The van der Waals surface area contributed by atoms with Crippen molar-refractivity contribution < 1.29 is 9.84 Å². The maximum atomic E-state index is 9.31. The largest absolute Gasteiger partial charge is 0.463 e. The summed E-state index contributed by atoms with van der Waals surface area (Å²) in [6.07, 6.45) is 0.884. The first-order chi connectivity index (χ1) is 9.10. The molecule has 108 valence electrons. The lowest BCUT2D eigenvalue weighted by Crippen LogP contribution is -2.30. The van der Waals surface area contributed by atoms with Crippen molar-refractivity contribution in [2.24, 2.45) is 5.92 Å². The molecule has 7 heteroatoms. The lowest BCUT2D eigenvalue weighted by Gasteiger charge is -2.20. The van der Waals surface area contributed by atoms with E-state index in [2.05, 4.69) is 25.6 Å². The van der Waals surface area contributed by atoms with Crippen molar-refractivity contribution in [1.82, 2.24) is 15.0 Å². The minimum Gasteiger partial charge on any atom is -0.463 e. The van der Waals surface area contributed by atoms with E-state index < -0.39 is 0 Å². The number of aliphatic hydroxyl groups excluding tert-OH is 1. The van der Waals surface area contributed by atoms with Gasteiger partial charge >= 0.3 is 6.01 Å². The second kappa shape index (κ2) is 7.73. The van der Waals surface area contributed by atoms with Gasteiger partial charge in [-0.3, -0.25) is 0 Å². The number of hydrogen-bond acceptors (Lipinski definition) is 7. The molecule has 0 amide bonds. The molecule has 0 fully saturated rings. The maximum absolute atomic E-state index is 9.31. The van der Waals surface area contributed by atoms with E-state index in [0.29, 0.717) is 18.5 Å². The van der Waals surface area contributed by atoms with E-state index in [1.807, 2.05) is 20.8 Å². The molecule has 1 heterocycles. The fraction of sp³-hybridized carbons (Fsp3) is 0.750. The first-order valence-corrected chi connectivity index (χ1v) is 6.54. The summed E-state index contributed by atoms with van der Waals surface area (Å²) in [6.45, 7) is 6.62. The summed E-state index contributed by atoms with van der Waals surface area (Å²) in [4.78, 5) is 12.5. The van der Waals surface area contributed by atoms with Gasteiger partial charge in [0.2, 0.25) is 11.9 Å². The van der Waals surface area contributed by atoms with Crippen LogP contribution in [0.15, 0.2) is 0 Å². The monoisotopic (exact) mass is 269 g/mol. The number of rotatable bonds is 8. The Kier molecular flexibility index (Phi) is 6.27. The van der Waals surface area contributed by atoms with Crippen molar-refractivity contribution in [3.8, 4) is 6.01 Å². The molecule has 0 bridgehead atoms. The van der Waals surface area contributed by atoms with E-state index >= 15 is 0 Å². The Morgan fingerprint density at radius 1 is 1.21 bits per heavy atom. The summed E-state index contributed by atoms with van der Waals surface area (Å²) >= 11 is 0. The lowest BCUT2D eigenvalue weighted by atomic mass is 10.1. The van der Waals surface area contributed by atoms with Crippen LogP contribution < -0.4 is 15.4 Å². The Morgan fingerprint density at radius 3 is 2.42 bits per heavy atom. The fourth-order valence-electron chi connectivity index (χ4n) is 1.38. The van der Waals surface area contributed by atoms with Crippen LogP contribution in [0.4, 0.5) is 11.9 Å². The molecule has 1 atom stereocenters. The number of nitrogens with zero attached hydrogens (tertiary/aromatic N) is 3. The van der Waals surface area contributed by atoms with Crippen LogP contribution in [0.25, 0.3) is 0 Å². The van der Waals surface area contributed by atoms with Gasteiger partial charge in [0.15, 0.2) is 0 Å². The number of aliphatic hydroxyl groups is 1. The molecule has 0 aliphatic rings. The topological polar surface area (TPSA) is 92.2 Å². The molecule has 0 aliphatic heterocycles. The third-order valence-corrected chi connectivity index (χ3v) is 2.59. The smallest absolute Gasteiger partial charge is 0.323 e. The standard InChI is InChI=1S/C12H23N5O2/c1-5-6-19-12-16-10(13-4)15-11(17-12)14-9(7-18)8(2)3/h8-9,18H,5-7H2,1-4H3,(H2,13,14,15,16,17). The van der Waals surface area contributed by atoms with Crippen LogP contribution in [0, 0.1) is 5.92 Å². The SMILES string of the molecule is CCCOc1nc(NC)nc(NC(CO)C(C)C)n1. The Hall–Kier alpha value is -1.63. The third-order valence-electron chi connectivity index (χ3n) is 2.59. The van der Waals surface area contributed by atoms with Crippen molar-refractivity contribution in [3.63, 3.8) is 0 Å². The molecule has 0 aromatic carbocycles. The van der Waals surface area contributed by atoms with Crippen molar-refractivity contribution in [2.75, 3.05) is 30.9 Å². The second-order valence-corrected chi connectivity index (χ2v) is 4.54. The summed E-state index contributed by atoms with van der Waals surface area (Å²) in [7, 11) is 1.73. The van der Waals surface area contributed by atoms with Crippen molar-refractivity contribution in [2.45, 2.75) is 33.2 Å². The van der Waals surface area contributed by atoms with Crippen molar-refractivity contribution >= 4 is 11.9 Å². The van der Waals surface area contributed by atoms with Crippen LogP contribution >= 0.6 is 0 Å². The highest BCUT2D eigenvalue weighted by Crippen LogP contribution is 2.14. The van der Waals surface area contributed by atoms with Crippen LogP contribution in [-0.2, 0) is 0 Å². The van der Waals surface area contributed by atoms with Crippen LogP contribution in [0.5, 0.6) is 6.01 Å². The number of aromatic nitrogens is 3. The summed E-state index contributed by atoms with van der Waals surface area (Å²) in [5, 5.41) is 15.3. The molecule has 0 saturated carbocycles. The normalized spacial score (nSPS) is 12.3. The van der Waals surface area contributed by atoms with Crippen LogP contribution in [-0.4, -0.2) is 46.4 Å². The third kappa shape index (κ3) is 4.86. The fourth-order valence-corrected chi connectivity index (χ4v) is 1.38. The first kappa shape index (κ1) is 15.4. The van der Waals surface area contributed by atoms with Gasteiger partial charge in [-0.15, -0.1) is 0 Å². The van der Waals surface area contributed by atoms with Crippen molar-refractivity contribution in [3.05, 3.63) is 0 Å². The predicted molar refractivity (Wildman–Crippen MR) is 74.5 cm³/mol. The zero-order valence-electron chi connectivity index (χ0n) is 12.0. The minimum atomic E-state index is -0.105. The molecule has 1 rings (SSSR count). The molecule has 0 spiro atoms. The average molecular weight is 269 g/mol. The van der Waals surface area contributed by atoms with E-state index in [4.69, 9.17) is 4.74 Å². The molecular weight excluding hydrogens is 246 g/mol. The molecule has 3 N–H and O–H groups in total. The quantitative estimate of drug-likeness (QED) is 0.651. The summed E-state index contributed by atoms with van der Waals surface area (Å²) in [5.41, 5.74) is 0. The number of anilines is 2. The van der Waals surface area contributed by atoms with Gasteiger partial charge in [-0.2, -0.15) is 15.0 Å². The Bertz CT molecular complexity index is 386. The van der Waals surface area contributed by atoms with Gasteiger partial charge in [0.1, 0.15) is 0 Å². The zero-order chi connectivity index (χ0) is 14.3. The predicted octanol–water partition coefficient (Wildman–Crippen LogP) is 1.13. The highest BCUT2D eigenvalue weighted by atomic mass is 16.5. The Labute approximate surface area is 113 Å². The molecule has 7 nitrogen and oxygen atoms in total. The average Bonchev–Trinajstić information content (AvgIpc) is 2.41. The second-order valence-electron chi connectivity index (χ2n) is 4.54. The van der Waals surface area contributed by atoms with E-state index in [1.165, 1.54) is 0 Å². The summed E-state index contributed by atoms with van der Waals surface area (Å²) in [5.74, 6) is 1.10. The number of nitrogens with one attached hydrogen (secondary N) is 2. The number of ether oxygens (including phenoxy) is 1. The highest BCUT2D eigenvalue weighted by molar-refractivity contribution is 5.36. The molecule has 1 unspecified atom stereocenters. The van der Waals surface area contributed by atoms with Crippen LogP contribution in [0.1, 0.15) is 27.2 Å². The van der Waals surface area contributed by atoms with E-state index in [1.54, 1.807) is 7.05 Å². The molecule has 0 aliphatic carbocycles. The minimum absolute atomic E-state index is 0.0172. The van der Waals surface area contributed by atoms with Crippen LogP contribution in [0.2, 0.25) is 0 Å². The van der Waals surface area contributed by atoms with E-state index in [-0.39, 0.29) is 24.6 Å². The van der Waals surface area contributed by atoms with Gasteiger partial charge in [0.05, 0.1) is 19.3 Å². The van der Waals surface area contributed by atoms with Crippen LogP contribution in [0.3, 0.4) is 0 Å². The summed E-state index contributed by atoms with van der Waals surface area (Å²) in [6, 6.07) is 0.176.